The Morgan fingerprint density at radius 3 is 2.30 bits per heavy atom. The van der Waals surface area contributed by atoms with Gasteiger partial charge in [-0.15, -0.1) is 0 Å². The van der Waals surface area contributed by atoms with Gasteiger partial charge in [0.1, 0.15) is 6.04 Å². The highest BCUT2D eigenvalue weighted by atomic mass is 16.5. The first kappa shape index (κ1) is 24.9. The predicted octanol–water partition coefficient (Wildman–Crippen LogP) is 0.184. The Morgan fingerprint density at radius 1 is 1.00 bits per heavy atom. The van der Waals surface area contributed by atoms with Crippen LogP contribution in [0.4, 0.5) is 10.5 Å². The molecule has 0 saturated carbocycles. The van der Waals surface area contributed by atoms with Crippen LogP contribution in [0.3, 0.4) is 0 Å². The van der Waals surface area contributed by atoms with Gasteiger partial charge in [-0.25, -0.2) is 9.59 Å². The fourth-order valence-corrected chi connectivity index (χ4v) is 2.36. The number of aliphatic carboxylic acids is 2. The van der Waals surface area contributed by atoms with E-state index < -0.39 is 24.0 Å². The zero-order valence-corrected chi connectivity index (χ0v) is 16.4. The summed E-state index contributed by atoms with van der Waals surface area (Å²) in [6, 6.07) is 5.02. The molecule has 6 N–H and O–H groups in total. The lowest BCUT2D eigenvalue weighted by molar-refractivity contribution is -0.140. The maximum Gasteiger partial charge on any atom is 0.326 e. The fourth-order valence-electron chi connectivity index (χ4n) is 2.36. The van der Waals surface area contributed by atoms with E-state index in [-0.39, 0.29) is 51.5 Å². The minimum atomic E-state index is -1.30. The van der Waals surface area contributed by atoms with Crippen LogP contribution in [0.1, 0.15) is 24.8 Å². The summed E-state index contributed by atoms with van der Waals surface area (Å²) in [5.74, 6) is -2.66. The van der Waals surface area contributed by atoms with Crippen molar-refractivity contribution in [3.63, 3.8) is 0 Å². The molecule has 0 radical (unpaired) electrons. The van der Waals surface area contributed by atoms with E-state index >= 15 is 0 Å². The van der Waals surface area contributed by atoms with Gasteiger partial charge < -0.3 is 36.0 Å². The summed E-state index contributed by atoms with van der Waals surface area (Å²) in [4.78, 5) is 45.1. The van der Waals surface area contributed by atoms with Crippen molar-refractivity contribution in [2.75, 3.05) is 31.7 Å². The number of rotatable bonds is 14. The van der Waals surface area contributed by atoms with E-state index in [4.69, 9.17) is 20.1 Å². The third kappa shape index (κ3) is 11.0. The van der Waals surface area contributed by atoms with Crippen LogP contribution in [0, 0.1) is 0 Å². The summed E-state index contributed by atoms with van der Waals surface area (Å²) in [6.07, 6.45) is 0.0722. The first-order chi connectivity index (χ1) is 14.3. The lowest BCUT2D eigenvalue weighted by Crippen LogP contribution is -2.46. The van der Waals surface area contributed by atoms with Crippen LogP contribution in [0.2, 0.25) is 0 Å². The van der Waals surface area contributed by atoms with Crippen molar-refractivity contribution >= 4 is 29.6 Å². The Bertz CT molecular complexity index is 708. The van der Waals surface area contributed by atoms with Crippen LogP contribution >= 0.6 is 0 Å². The Morgan fingerprint density at radius 2 is 1.70 bits per heavy atom. The molecular weight excluding hydrogens is 398 g/mol. The third-order valence-electron chi connectivity index (χ3n) is 3.90. The summed E-state index contributed by atoms with van der Waals surface area (Å²) in [7, 11) is 0. The van der Waals surface area contributed by atoms with Crippen LogP contribution in [0.25, 0.3) is 0 Å². The van der Waals surface area contributed by atoms with Gasteiger partial charge >= 0.3 is 18.0 Å². The van der Waals surface area contributed by atoms with Crippen molar-refractivity contribution in [2.45, 2.75) is 31.7 Å². The number of anilines is 1. The molecule has 1 aromatic carbocycles. The average Bonchev–Trinajstić information content (AvgIpc) is 2.69. The molecule has 30 heavy (non-hydrogen) atoms. The number of urea groups is 1. The number of ether oxygens (including phenoxy) is 1. The molecule has 1 aromatic rings. The van der Waals surface area contributed by atoms with Gasteiger partial charge in [0.05, 0.1) is 26.2 Å². The first-order valence-electron chi connectivity index (χ1n) is 9.38. The van der Waals surface area contributed by atoms with Crippen LogP contribution in [0.15, 0.2) is 24.3 Å². The molecule has 0 aliphatic carbocycles. The first-order valence-corrected chi connectivity index (χ1v) is 9.38. The normalized spacial score (nSPS) is 11.4. The van der Waals surface area contributed by atoms with E-state index in [0.717, 1.165) is 5.56 Å². The number of aliphatic hydroxyl groups is 1. The zero-order chi connectivity index (χ0) is 22.4. The number of carboxylic acid groups (broad SMARTS) is 2. The lowest BCUT2D eigenvalue weighted by atomic mass is 10.1. The quantitative estimate of drug-likeness (QED) is 0.229. The molecule has 0 bridgehead atoms. The van der Waals surface area contributed by atoms with Gasteiger partial charge in [0.25, 0.3) is 0 Å². The lowest BCUT2D eigenvalue weighted by Gasteiger charge is -2.14. The number of hydrogen-bond acceptors (Lipinski definition) is 6. The number of carboxylic acids is 2. The summed E-state index contributed by atoms with van der Waals surface area (Å²) in [5.41, 5.74) is 1.50. The van der Waals surface area contributed by atoms with Crippen molar-refractivity contribution in [2.24, 2.45) is 0 Å². The smallest absolute Gasteiger partial charge is 0.326 e. The zero-order valence-electron chi connectivity index (χ0n) is 16.4. The molecule has 0 spiro atoms. The molecule has 11 nitrogen and oxygen atoms in total. The number of amides is 3. The maximum absolute atomic E-state index is 11.8. The van der Waals surface area contributed by atoms with Crippen molar-refractivity contribution in [3.05, 3.63) is 29.8 Å². The summed E-state index contributed by atoms with van der Waals surface area (Å²) in [6.45, 7) is 0.556. The molecule has 11 heteroatoms. The second-order valence-electron chi connectivity index (χ2n) is 6.30. The minimum Gasteiger partial charge on any atom is -0.481 e. The highest BCUT2D eigenvalue weighted by Gasteiger charge is 2.20. The molecule has 0 aromatic heterocycles. The molecule has 3 amide bonds. The van der Waals surface area contributed by atoms with Crippen LogP contribution in [-0.4, -0.2) is 71.6 Å². The van der Waals surface area contributed by atoms with Gasteiger partial charge in [0, 0.05) is 18.7 Å². The van der Waals surface area contributed by atoms with Crippen molar-refractivity contribution in [3.8, 4) is 0 Å². The molecule has 0 aliphatic heterocycles. The largest absolute Gasteiger partial charge is 0.481 e. The molecule has 1 unspecified atom stereocenters. The van der Waals surface area contributed by atoms with E-state index in [1.165, 1.54) is 0 Å². The second-order valence-corrected chi connectivity index (χ2v) is 6.30. The molecule has 1 atom stereocenters. The fraction of sp³-hybridized carbons (Fsp3) is 0.474. The maximum atomic E-state index is 11.8. The van der Waals surface area contributed by atoms with Crippen molar-refractivity contribution < 1.29 is 39.2 Å². The highest BCUT2D eigenvalue weighted by Crippen LogP contribution is 2.10. The third-order valence-corrected chi connectivity index (χ3v) is 3.90. The summed E-state index contributed by atoms with van der Waals surface area (Å²) >= 11 is 0. The molecule has 1 rings (SSSR count). The van der Waals surface area contributed by atoms with Crippen molar-refractivity contribution in [1.29, 1.82) is 0 Å². The number of carbonyl (C=O) groups is 4. The standard InChI is InChI=1S/C19H27N3O8/c23-10-12-30-11-8-16(24)21-14-3-1-13(2-4-14)7-9-20-19(29)22-15(18(27)28)5-6-17(25)26/h1-4,15,23H,5-12H2,(H,21,24)(H,25,26)(H,27,28)(H2,20,22,29). The molecular formula is C19H27N3O8. The van der Waals surface area contributed by atoms with Crippen molar-refractivity contribution in [1.82, 2.24) is 10.6 Å². The highest BCUT2D eigenvalue weighted by molar-refractivity contribution is 5.90. The SMILES string of the molecule is O=C(O)CCC(NC(=O)NCCc1ccc(NC(=O)CCOCCO)cc1)C(=O)O. The van der Waals surface area contributed by atoms with Gasteiger partial charge in [-0.1, -0.05) is 12.1 Å². The van der Waals surface area contributed by atoms with Gasteiger partial charge in [0.2, 0.25) is 5.91 Å². The Labute approximate surface area is 173 Å². The second kappa shape index (κ2) is 13.9. The van der Waals surface area contributed by atoms with Crippen LogP contribution in [-0.2, 0) is 25.5 Å². The van der Waals surface area contributed by atoms with E-state index in [1.807, 2.05) is 0 Å². The summed E-state index contributed by atoms with van der Waals surface area (Å²) < 4.78 is 5.03. The van der Waals surface area contributed by atoms with E-state index in [1.54, 1.807) is 24.3 Å². The molecule has 0 fully saturated rings. The molecule has 0 heterocycles. The van der Waals surface area contributed by atoms with E-state index in [9.17, 15) is 19.2 Å². The van der Waals surface area contributed by atoms with E-state index in [2.05, 4.69) is 16.0 Å². The topological polar surface area (TPSA) is 174 Å². The Hall–Kier alpha value is -3.18. The Balaban J connectivity index is 2.34. The molecule has 166 valence electrons. The Kier molecular flexibility index (Phi) is 11.5. The van der Waals surface area contributed by atoms with E-state index in [0.29, 0.717) is 12.1 Å². The summed E-state index contributed by atoms with van der Waals surface area (Å²) in [5, 5.41) is 33.7. The number of benzene rings is 1. The molecule has 0 aliphatic rings. The van der Waals surface area contributed by atoms with Gasteiger partial charge in [0.15, 0.2) is 0 Å². The number of carbonyl (C=O) groups excluding carboxylic acids is 2. The molecule has 0 saturated heterocycles. The number of nitrogens with one attached hydrogen (secondary N) is 3. The number of aliphatic hydroxyl groups excluding tert-OH is 1. The van der Waals surface area contributed by atoms with Gasteiger partial charge in [-0.3, -0.25) is 9.59 Å². The van der Waals surface area contributed by atoms with Crippen LogP contribution in [0.5, 0.6) is 0 Å². The number of hydrogen-bond donors (Lipinski definition) is 6. The van der Waals surface area contributed by atoms with Crippen LogP contribution < -0.4 is 16.0 Å². The predicted molar refractivity (Wildman–Crippen MR) is 106 cm³/mol. The monoisotopic (exact) mass is 425 g/mol. The minimum absolute atomic E-state index is 0.0928. The van der Waals surface area contributed by atoms with Gasteiger partial charge in [-0.2, -0.15) is 0 Å². The average molecular weight is 425 g/mol. The van der Waals surface area contributed by atoms with Gasteiger partial charge in [-0.05, 0) is 30.5 Å².